The van der Waals surface area contributed by atoms with E-state index in [-0.39, 0.29) is 18.1 Å². The van der Waals surface area contributed by atoms with E-state index in [0.29, 0.717) is 6.54 Å². The number of aryl methyl sites for hydroxylation is 1. The third-order valence-electron chi connectivity index (χ3n) is 3.33. The average Bonchev–Trinajstić information content (AvgIpc) is 2.47. The number of carbonyl (C=O) groups excluding carboxylic acids is 1. The zero-order valence-electron chi connectivity index (χ0n) is 12.5. The third kappa shape index (κ3) is 4.15. The minimum atomic E-state index is -0.282. The summed E-state index contributed by atoms with van der Waals surface area (Å²) in [5.74, 6) is -0.246. The summed E-state index contributed by atoms with van der Waals surface area (Å²) in [5.41, 5.74) is 2.88. The van der Waals surface area contributed by atoms with Gasteiger partial charge in [0, 0.05) is 12.2 Å². The van der Waals surface area contributed by atoms with E-state index in [1.54, 1.807) is 17.0 Å². The molecule has 0 heterocycles. The minimum absolute atomic E-state index is 0.0362. The number of hydrogen-bond acceptors (Lipinski definition) is 1. The summed E-state index contributed by atoms with van der Waals surface area (Å²) in [5, 5.41) is 0. The third-order valence-corrected chi connectivity index (χ3v) is 3.33. The SMILES string of the molecule is CCCN(C(=O)Cc1ccc(F)cc1)c1cccc(C)c1. The second-order valence-electron chi connectivity index (χ2n) is 5.19. The van der Waals surface area contributed by atoms with Crippen molar-refractivity contribution in [3.05, 3.63) is 65.5 Å². The Bertz CT molecular complexity index is 607. The quantitative estimate of drug-likeness (QED) is 0.809. The first-order valence-corrected chi connectivity index (χ1v) is 7.21. The zero-order chi connectivity index (χ0) is 15.2. The molecule has 1 amide bonds. The molecule has 0 radical (unpaired) electrons. The molecule has 0 aromatic heterocycles. The molecule has 0 fully saturated rings. The van der Waals surface area contributed by atoms with E-state index in [2.05, 4.69) is 0 Å². The number of carbonyl (C=O) groups is 1. The van der Waals surface area contributed by atoms with Gasteiger partial charge in [0.05, 0.1) is 6.42 Å². The molecule has 0 unspecified atom stereocenters. The maximum atomic E-state index is 12.9. The molecule has 2 aromatic carbocycles. The summed E-state index contributed by atoms with van der Waals surface area (Å²) in [7, 11) is 0. The predicted octanol–water partition coefficient (Wildman–Crippen LogP) is 4.12. The first-order valence-electron chi connectivity index (χ1n) is 7.21. The lowest BCUT2D eigenvalue weighted by molar-refractivity contribution is -0.118. The van der Waals surface area contributed by atoms with Crippen molar-refractivity contribution in [2.24, 2.45) is 0 Å². The maximum absolute atomic E-state index is 12.9. The summed E-state index contributed by atoms with van der Waals surface area (Å²) in [6, 6.07) is 14.0. The second kappa shape index (κ2) is 7.02. The monoisotopic (exact) mass is 285 g/mol. The Morgan fingerprint density at radius 2 is 1.86 bits per heavy atom. The van der Waals surface area contributed by atoms with E-state index in [1.807, 2.05) is 38.1 Å². The minimum Gasteiger partial charge on any atom is -0.312 e. The van der Waals surface area contributed by atoms with Crippen LogP contribution >= 0.6 is 0 Å². The van der Waals surface area contributed by atoms with Gasteiger partial charge in [-0.2, -0.15) is 0 Å². The fourth-order valence-corrected chi connectivity index (χ4v) is 2.29. The van der Waals surface area contributed by atoms with Crippen LogP contribution in [-0.2, 0) is 11.2 Å². The van der Waals surface area contributed by atoms with Gasteiger partial charge in [0.2, 0.25) is 5.91 Å². The summed E-state index contributed by atoms with van der Waals surface area (Å²) in [6.45, 7) is 4.75. The number of hydrogen-bond donors (Lipinski definition) is 0. The van der Waals surface area contributed by atoms with Gasteiger partial charge in [0.25, 0.3) is 0 Å². The molecule has 2 aromatic rings. The van der Waals surface area contributed by atoms with Crippen molar-refractivity contribution in [3.63, 3.8) is 0 Å². The highest BCUT2D eigenvalue weighted by molar-refractivity contribution is 5.94. The van der Waals surface area contributed by atoms with Crippen LogP contribution in [0.25, 0.3) is 0 Å². The van der Waals surface area contributed by atoms with Gasteiger partial charge in [0.15, 0.2) is 0 Å². The van der Waals surface area contributed by atoms with Crippen molar-refractivity contribution in [3.8, 4) is 0 Å². The van der Waals surface area contributed by atoms with E-state index < -0.39 is 0 Å². The van der Waals surface area contributed by atoms with Crippen LogP contribution in [-0.4, -0.2) is 12.5 Å². The number of anilines is 1. The average molecular weight is 285 g/mol. The molecule has 21 heavy (non-hydrogen) atoms. The molecule has 0 bridgehead atoms. The van der Waals surface area contributed by atoms with E-state index in [4.69, 9.17) is 0 Å². The second-order valence-corrected chi connectivity index (χ2v) is 5.19. The molecule has 0 N–H and O–H groups in total. The van der Waals surface area contributed by atoms with Crippen LogP contribution < -0.4 is 4.90 Å². The summed E-state index contributed by atoms with van der Waals surface area (Å²) in [4.78, 5) is 14.3. The highest BCUT2D eigenvalue weighted by Gasteiger charge is 2.15. The van der Waals surface area contributed by atoms with Gasteiger partial charge in [-0.25, -0.2) is 4.39 Å². The lowest BCUT2D eigenvalue weighted by atomic mass is 10.1. The van der Waals surface area contributed by atoms with Crippen LogP contribution in [0.2, 0.25) is 0 Å². The van der Waals surface area contributed by atoms with Gasteiger partial charge in [0.1, 0.15) is 5.82 Å². The van der Waals surface area contributed by atoms with Crippen molar-refractivity contribution >= 4 is 11.6 Å². The molecular weight excluding hydrogens is 265 g/mol. The number of benzene rings is 2. The zero-order valence-corrected chi connectivity index (χ0v) is 12.5. The smallest absolute Gasteiger partial charge is 0.231 e. The lowest BCUT2D eigenvalue weighted by Gasteiger charge is -2.23. The van der Waals surface area contributed by atoms with Gasteiger partial charge in [-0.15, -0.1) is 0 Å². The van der Waals surface area contributed by atoms with E-state index >= 15 is 0 Å². The fourth-order valence-electron chi connectivity index (χ4n) is 2.29. The first-order chi connectivity index (χ1) is 10.1. The van der Waals surface area contributed by atoms with Crippen LogP contribution in [0.1, 0.15) is 24.5 Å². The first kappa shape index (κ1) is 15.2. The van der Waals surface area contributed by atoms with E-state index in [1.165, 1.54) is 12.1 Å². The number of halogens is 1. The van der Waals surface area contributed by atoms with Gasteiger partial charge in [-0.1, -0.05) is 31.2 Å². The Kier molecular flexibility index (Phi) is 5.09. The normalized spacial score (nSPS) is 10.4. The lowest BCUT2D eigenvalue weighted by Crippen LogP contribution is -2.33. The van der Waals surface area contributed by atoms with E-state index in [0.717, 1.165) is 23.2 Å². The van der Waals surface area contributed by atoms with Crippen LogP contribution in [0.3, 0.4) is 0 Å². The van der Waals surface area contributed by atoms with Crippen molar-refractivity contribution in [1.82, 2.24) is 0 Å². The largest absolute Gasteiger partial charge is 0.312 e. The van der Waals surface area contributed by atoms with Crippen LogP contribution in [0, 0.1) is 12.7 Å². The summed E-state index contributed by atoms with van der Waals surface area (Å²) in [6.07, 6.45) is 1.18. The molecule has 0 aliphatic rings. The van der Waals surface area contributed by atoms with Crippen LogP contribution in [0.4, 0.5) is 10.1 Å². The molecule has 3 heteroatoms. The van der Waals surface area contributed by atoms with Crippen LogP contribution in [0.5, 0.6) is 0 Å². The molecule has 0 aliphatic carbocycles. The summed E-state index contributed by atoms with van der Waals surface area (Å²) < 4.78 is 12.9. The molecule has 0 saturated heterocycles. The molecular formula is C18H20FNO. The number of amides is 1. The van der Waals surface area contributed by atoms with Crippen molar-refractivity contribution in [1.29, 1.82) is 0 Å². The molecule has 0 saturated carbocycles. The molecule has 0 aliphatic heterocycles. The fraction of sp³-hybridized carbons (Fsp3) is 0.278. The van der Waals surface area contributed by atoms with Crippen molar-refractivity contribution < 1.29 is 9.18 Å². The van der Waals surface area contributed by atoms with Crippen molar-refractivity contribution in [2.75, 3.05) is 11.4 Å². The van der Waals surface area contributed by atoms with Gasteiger partial charge in [-0.05, 0) is 48.7 Å². The Labute approximate surface area is 125 Å². The van der Waals surface area contributed by atoms with Crippen molar-refractivity contribution in [2.45, 2.75) is 26.7 Å². The highest BCUT2D eigenvalue weighted by Crippen LogP contribution is 2.18. The highest BCUT2D eigenvalue weighted by atomic mass is 19.1. The van der Waals surface area contributed by atoms with Crippen LogP contribution in [0.15, 0.2) is 48.5 Å². The number of nitrogens with zero attached hydrogens (tertiary/aromatic N) is 1. The Morgan fingerprint density at radius 3 is 2.48 bits per heavy atom. The van der Waals surface area contributed by atoms with Gasteiger partial charge < -0.3 is 4.90 Å². The molecule has 2 nitrogen and oxygen atoms in total. The molecule has 0 spiro atoms. The molecule has 2 rings (SSSR count). The summed E-state index contributed by atoms with van der Waals surface area (Å²) >= 11 is 0. The van der Waals surface area contributed by atoms with Gasteiger partial charge in [-0.3, -0.25) is 4.79 Å². The number of rotatable bonds is 5. The van der Waals surface area contributed by atoms with E-state index in [9.17, 15) is 9.18 Å². The maximum Gasteiger partial charge on any atom is 0.231 e. The Balaban J connectivity index is 2.17. The molecule has 0 atom stereocenters. The Hall–Kier alpha value is -2.16. The topological polar surface area (TPSA) is 20.3 Å². The predicted molar refractivity (Wildman–Crippen MR) is 83.9 cm³/mol. The Morgan fingerprint density at radius 1 is 1.14 bits per heavy atom. The molecule has 110 valence electrons. The standard InChI is InChI=1S/C18H20FNO/c1-3-11-20(17-6-4-5-14(2)12-17)18(21)13-15-7-9-16(19)10-8-15/h4-10,12H,3,11,13H2,1-2H3. The van der Waals surface area contributed by atoms with Gasteiger partial charge >= 0.3 is 0 Å².